The Morgan fingerprint density at radius 3 is 2.95 bits per heavy atom. The summed E-state index contributed by atoms with van der Waals surface area (Å²) in [6.45, 7) is 2.47. The van der Waals surface area contributed by atoms with Crippen LogP contribution in [0.2, 0.25) is 0 Å². The number of nitriles is 1. The molecule has 1 aliphatic rings. The molecule has 0 spiro atoms. The molecule has 0 saturated carbocycles. The summed E-state index contributed by atoms with van der Waals surface area (Å²) in [4.78, 5) is 12.2. The largest absolute Gasteiger partial charge is 0.495 e. The topological polar surface area (TPSA) is 71.3 Å². The van der Waals surface area contributed by atoms with E-state index in [4.69, 9.17) is 14.7 Å². The molecule has 1 aliphatic heterocycles. The third-order valence-corrected chi connectivity index (χ3v) is 3.33. The van der Waals surface area contributed by atoms with Crippen LogP contribution in [-0.2, 0) is 9.53 Å². The van der Waals surface area contributed by atoms with Crippen molar-refractivity contribution < 1.29 is 14.3 Å². The molecule has 1 N–H and O–H groups in total. The fraction of sp³-hybridized carbons (Fsp3) is 0.429. The van der Waals surface area contributed by atoms with Gasteiger partial charge in [-0.25, -0.2) is 0 Å². The highest BCUT2D eigenvalue weighted by molar-refractivity contribution is 5.95. The lowest BCUT2D eigenvalue weighted by atomic mass is 10.0. The Hall–Kier alpha value is -2.06. The first-order valence-corrected chi connectivity index (χ1v) is 6.17. The van der Waals surface area contributed by atoms with Gasteiger partial charge in [0.1, 0.15) is 17.5 Å². The van der Waals surface area contributed by atoms with Crippen molar-refractivity contribution in [3.8, 4) is 11.8 Å². The molecule has 1 fully saturated rings. The lowest BCUT2D eigenvalue weighted by molar-refractivity contribution is -0.121. The summed E-state index contributed by atoms with van der Waals surface area (Å²) in [6.07, 6.45) is 0.601. The standard InChI is InChI=1S/C14H16N2O3/c1-9-11(6-7-19-9)14(17)16-13-10(8-15)4-3-5-12(13)18-2/h3-5,9,11H,6-7H2,1-2H3,(H,16,17). The van der Waals surface area contributed by atoms with Gasteiger partial charge in [-0.05, 0) is 25.5 Å². The van der Waals surface area contributed by atoms with Crippen molar-refractivity contribution in [3.63, 3.8) is 0 Å². The highest BCUT2D eigenvalue weighted by atomic mass is 16.5. The first-order valence-electron chi connectivity index (χ1n) is 6.17. The van der Waals surface area contributed by atoms with Gasteiger partial charge in [0.2, 0.25) is 5.91 Å². The Balaban J connectivity index is 2.23. The number of amides is 1. The van der Waals surface area contributed by atoms with E-state index in [1.165, 1.54) is 7.11 Å². The number of nitrogens with zero attached hydrogens (tertiary/aromatic N) is 1. The SMILES string of the molecule is COc1cccc(C#N)c1NC(=O)C1CCOC1C. The molecular weight excluding hydrogens is 244 g/mol. The smallest absolute Gasteiger partial charge is 0.230 e. The van der Waals surface area contributed by atoms with E-state index >= 15 is 0 Å². The lowest BCUT2D eigenvalue weighted by Gasteiger charge is -2.16. The van der Waals surface area contributed by atoms with Gasteiger partial charge in [0, 0.05) is 6.61 Å². The molecule has 5 heteroatoms. The predicted molar refractivity (Wildman–Crippen MR) is 69.9 cm³/mol. The van der Waals surface area contributed by atoms with Crippen LogP contribution in [0.3, 0.4) is 0 Å². The summed E-state index contributed by atoms with van der Waals surface area (Å²) in [5, 5.41) is 11.9. The number of nitrogens with one attached hydrogen (secondary N) is 1. The summed E-state index contributed by atoms with van der Waals surface area (Å²) in [7, 11) is 1.51. The lowest BCUT2D eigenvalue weighted by Crippen LogP contribution is -2.28. The van der Waals surface area contributed by atoms with Gasteiger partial charge in [-0.1, -0.05) is 6.07 Å². The Bertz CT molecular complexity index is 522. The molecule has 1 aromatic carbocycles. The quantitative estimate of drug-likeness (QED) is 0.901. The fourth-order valence-corrected chi connectivity index (χ4v) is 2.22. The maximum atomic E-state index is 12.2. The van der Waals surface area contributed by atoms with Gasteiger partial charge < -0.3 is 14.8 Å². The van der Waals surface area contributed by atoms with Crippen LogP contribution in [0.4, 0.5) is 5.69 Å². The molecule has 5 nitrogen and oxygen atoms in total. The molecule has 100 valence electrons. The van der Waals surface area contributed by atoms with E-state index < -0.39 is 0 Å². The first-order chi connectivity index (χ1) is 9.17. The number of hydrogen-bond donors (Lipinski definition) is 1. The summed E-state index contributed by atoms with van der Waals surface area (Å²) in [5.41, 5.74) is 0.816. The van der Waals surface area contributed by atoms with Crippen LogP contribution in [0.5, 0.6) is 5.75 Å². The van der Waals surface area contributed by atoms with Crippen LogP contribution < -0.4 is 10.1 Å². The van der Waals surface area contributed by atoms with Gasteiger partial charge in [-0.2, -0.15) is 5.26 Å². The highest BCUT2D eigenvalue weighted by Crippen LogP contribution is 2.30. The van der Waals surface area contributed by atoms with E-state index in [0.29, 0.717) is 30.0 Å². The van der Waals surface area contributed by atoms with Crippen LogP contribution in [0.15, 0.2) is 18.2 Å². The number of benzene rings is 1. The molecule has 2 unspecified atom stereocenters. The Morgan fingerprint density at radius 1 is 1.58 bits per heavy atom. The van der Waals surface area contributed by atoms with E-state index in [0.717, 1.165) is 0 Å². The van der Waals surface area contributed by atoms with E-state index in [9.17, 15) is 4.79 Å². The number of para-hydroxylation sites is 1. The summed E-state index contributed by atoms with van der Waals surface area (Å²) >= 11 is 0. The van der Waals surface area contributed by atoms with E-state index in [1.54, 1.807) is 18.2 Å². The molecule has 1 aromatic rings. The minimum Gasteiger partial charge on any atom is -0.495 e. The molecule has 0 aromatic heterocycles. The average Bonchev–Trinajstić information content (AvgIpc) is 2.85. The molecule has 1 heterocycles. The molecule has 2 atom stereocenters. The zero-order valence-electron chi connectivity index (χ0n) is 11.0. The molecule has 0 radical (unpaired) electrons. The van der Waals surface area contributed by atoms with Gasteiger partial charge >= 0.3 is 0 Å². The third kappa shape index (κ3) is 2.69. The fourth-order valence-electron chi connectivity index (χ4n) is 2.22. The van der Waals surface area contributed by atoms with E-state index in [-0.39, 0.29) is 17.9 Å². The number of carbonyl (C=O) groups excluding carboxylic acids is 1. The van der Waals surface area contributed by atoms with Crippen LogP contribution in [-0.4, -0.2) is 25.7 Å². The Labute approximate surface area is 112 Å². The second kappa shape index (κ2) is 5.72. The molecule has 1 saturated heterocycles. The second-order valence-electron chi connectivity index (χ2n) is 4.45. The maximum absolute atomic E-state index is 12.2. The van der Waals surface area contributed by atoms with Crippen molar-refractivity contribution in [1.29, 1.82) is 5.26 Å². The second-order valence-corrected chi connectivity index (χ2v) is 4.45. The summed E-state index contributed by atoms with van der Waals surface area (Å²) < 4.78 is 10.6. The van der Waals surface area contributed by atoms with E-state index in [2.05, 4.69) is 11.4 Å². The van der Waals surface area contributed by atoms with Crippen molar-refractivity contribution in [2.75, 3.05) is 19.0 Å². The highest BCUT2D eigenvalue weighted by Gasteiger charge is 2.31. The number of rotatable bonds is 3. The first kappa shape index (κ1) is 13.4. The summed E-state index contributed by atoms with van der Waals surface area (Å²) in [6, 6.07) is 7.13. The van der Waals surface area contributed by atoms with Crippen LogP contribution in [0.25, 0.3) is 0 Å². The minimum atomic E-state index is -0.184. The van der Waals surface area contributed by atoms with Gasteiger partial charge in [-0.15, -0.1) is 0 Å². The van der Waals surface area contributed by atoms with Crippen molar-refractivity contribution in [1.82, 2.24) is 0 Å². The predicted octanol–water partition coefficient (Wildman–Crippen LogP) is 1.93. The number of hydrogen-bond acceptors (Lipinski definition) is 4. The minimum absolute atomic E-state index is 0.0970. The molecule has 1 amide bonds. The monoisotopic (exact) mass is 260 g/mol. The van der Waals surface area contributed by atoms with Crippen LogP contribution in [0, 0.1) is 17.2 Å². The molecule has 19 heavy (non-hydrogen) atoms. The van der Waals surface area contributed by atoms with Crippen LogP contribution in [0.1, 0.15) is 18.9 Å². The number of carbonyl (C=O) groups is 1. The van der Waals surface area contributed by atoms with E-state index in [1.807, 2.05) is 6.92 Å². The molecule has 0 bridgehead atoms. The average molecular weight is 260 g/mol. The number of methoxy groups -OCH3 is 1. The molecular formula is C14H16N2O3. The number of anilines is 1. The molecule has 2 rings (SSSR count). The van der Waals surface area contributed by atoms with Crippen LogP contribution >= 0.6 is 0 Å². The zero-order valence-corrected chi connectivity index (χ0v) is 11.0. The summed E-state index contributed by atoms with van der Waals surface area (Å²) in [5.74, 6) is 0.168. The Kier molecular flexibility index (Phi) is 4.03. The van der Waals surface area contributed by atoms with Gasteiger partial charge in [0.25, 0.3) is 0 Å². The van der Waals surface area contributed by atoms with Crippen molar-refractivity contribution in [2.24, 2.45) is 5.92 Å². The van der Waals surface area contributed by atoms with Gasteiger partial charge in [-0.3, -0.25) is 4.79 Å². The Morgan fingerprint density at radius 2 is 2.37 bits per heavy atom. The number of ether oxygens (including phenoxy) is 2. The maximum Gasteiger partial charge on any atom is 0.230 e. The zero-order chi connectivity index (χ0) is 13.8. The van der Waals surface area contributed by atoms with Crippen molar-refractivity contribution in [2.45, 2.75) is 19.4 Å². The van der Waals surface area contributed by atoms with Crippen molar-refractivity contribution >= 4 is 11.6 Å². The normalized spacial score (nSPS) is 21.7. The van der Waals surface area contributed by atoms with Gasteiger partial charge in [0.05, 0.1) is 24.7 Å². The third-order valence-electron chi connectivity index (χ3n) is 3.33. The van der Waals surface area contributed by atoms with Crippen molar-refractivity contribution in [3.05, 3.63) is 23.8 Å². The molecule has 0 aliphatic carbocycles. The van der Waals surface area contributed by atoms with Gasteiger partial charge in [0.15, 0.2) is 0 Å².